The Bertz CT molecular complexity index is 1390. The number of pyridine rings is 2. The van der Waals surface area contributed by atoms with Gasteiger partial charge in [-0.1, -0.05) is 18.9 Å². The number of carbonyl (C=O) groups excluding carboxylic acids is 3. The first-order chi connectivity index (χ1) is 20.4. The molecule has 2 atom stereocenters. The summed E-state index contributed by atoms with van der Waals surface area (Å²) in [5, 5.41) is 0. The van der Waals surface area contributed by atoms with Crippen LogP contribution in [0.15, 0.2) is 60.9 Å². The molecule has 218 valence electrons. The molecule has 10 heteroatoms. The van der Waals surface area contributed by atoms with Gasteiger partial charge in [0.15, 0.2) is 0 Å². The summed E-state index contributed by atoms with van der Waals surface area (Å²) in [7, 11) is 0. The van der Waals surface area contributed by atoms with Crippen LogP contribution in [0.2, 0.25) is 0 Å². The monoisotopic (exact) mass is 570 g/mol. The predicted octanol–water partition coefficient (Wildman–Crippen LogP) is 5.55. The summed E-state index contributed by atoms with van der Waals surface area (Å²) in [4.78, 5) is 49.8. The lowest BCUT2D eigenvalue weighted by atomic mass is 9.81. The summed E-state index contributed by atoms with van der Waals surface area (Å²) < 4.78 is 17.2. The highest BCUT2D eigenvalue weighted by Gasteiger charge is 2.48. The number of benzene rings is 1. The second-order valence-electron chi connectivity index (χ2n) is 11.2. The summed E-state index contributed by atoms with van der Waals surface area (Å²) in [6.45, 7) is 3.65. The number of hydrogen-bond donors (Lipinski definition) is 0. The predicted molar refractivity (Wildman–Crippen MR) is 153 cm³/mol. The highest BCUT2D eigenvalue weighted by Crippen LogP contribution is 2.40. The van der Waals surface area contributed by atoms with Gasteiger partial charge in [-0.25, -0.2) is 19.7 Å². The second kappa shape index (κ2) is 12.2. The van der Waals surface area contributed by atoms with E-state index in [1.54, 1.807) is 17.2 Å². The molecule has 2 aliphatic heterocycles. The third-order valence-corrected chi connectivity index (χ3v) is 8.30. The Labute approximate surface area is 244 Å². The summed E-state index contributed by atoms with van der Waals surface area (Å²) in [6, 6.07) is 14.4. The first-order valence-electron chi connectivity index (χ1n) is 14.6. The zero-order valence-corrected chi connectivity index (χ0v) is 23.6. The van der Waals surface area contributed by atoms with Crippen LogP contribution in [-0.4, -0.2) is 52.5 Å². The van der Waals surface area contributed by atoms with Gasteiger partial charge >= 0.3 is 6.09 Å². The van der Waals surface area contributed by atoms with Crippen molar-refractivity contribution >= 4 is 23.6 Å². The van der Waals surface area contributed by atoms with Gasteiger partial charge in [-0.15, -0.1) is 0 Å². The van der Waals surface area contributed by atoms with Crippen molar-refractivity contribution in [3.63, 3.8) is 0 Å². The lowest BCUT2D eigenvalue weighted by molar-refractivity contribution is -0.122. The quantitative estimate of drug-likeness (QED) is 0.340. The number of aromatic nitrogens is 2. The van der Waals surface area contributed by atoms with Crippen LogP contribution in [0, 0.1) is 24.7 Å². The molecule has 0 radical (unpaired) electrons. The lowest BCUT2D eigenvalue weighted by Crippen LogP contribution is -2.41. The fourth-order valence-electron chi connectivity index (χ4n) is 5.87. The van der Waals surface area contributed by atoms with Gasteiger partial charge in [0, 0.05) is 31.4 Å². The molecule has 1 aromatic carbocycles. The third-order valence-electron chi connectivity index (χ3n) is 8.30. The van der Waals surface area contributed by atoms with Crippen molar-refractivity contribution in [2.75, 3.05) is 24.6 Å². The maximum Gasteiger partial charge on any atom is 0.416 e. The zero-order chi connectivity index (χ0) is 29.1. The summed E-state index contributed by atoms with van der Waals surface area (Å²) in [5.74, 6) is 1.69. The molecule has 10 nitrogen and oxygen atoms in total. The van der Waals surface area contributed by atoms with Crippen molar-refractivity contribution in [2.24, 2.45) is 17.8 Å². The Morgan fingerprint density at radius 3 is 2.07 bits per heavy atom. The average molecular weight is 571 g/mol. The second-order valence-corrected chi connectivity index (χ2v) is 11.2. The maximum absolute atomic E-state index is 12.8. The Morgan fingerprint density at radius 1 is 0.810 bits per heavy atom. The van der Waals surface area contributed by atoms with Gasteiger partial charge in [0.1, 0.15) is 11.5 Å². The molecule has 0 bridgehead atoms. The van der Waals surface area contributed by atoms with Gasteiger partial charge in [0.05, 0.1) is 30.3 Å². The Morgan fingerprint density at radius 2 is 1.45 bits per heavy atom. The molecule has 2 unspecified atom stereocenters. The van der Waals surface area contributed by atoms with E-state index < -0.39 is 6.09 Å². The van der Waals surface area contributed by atoms with Crippen LogP contribution < -0.4 is 19.1 Å². The van der Waals surface area contributed by atoms with E-state index in [4.69, 9.17) is 14.2 Å². The van der Waals surface area contributed by atoms with Crippen LogP contribution in [0.1, 0.15) is 44.1 Å². The fraction of sp³-hybridized carbons (Fsp3) is 0.406. The maximum atomic E-state index is 12.8. The molecule has 1 aliphatic carbocycles. The minimum absolute atomic E-state index is 0.135. The van der Waals surface area contributed by atoms with Crippen molar-refractivity contribution in [3.05, 3.63) is 66.5 Å². The summed E-state index contributed by atoms with van der Waals surface area (Å²) in [5.41, 5.74) is 1.50. The molecule has 2 saturated heterocycles. The van der Waals surface area contributed by atoms with E-state index in [1.807, 2.05) is 43.3 Å². The fourth-order valence-corrected chi connectivity index (χ4v) is 5.87. The largest absolute Gasteiger partial charge is 0.493 e. The summed E-state index contributed by atoms with van der Waals surface area (Å²) >= 11 is 0. The van der Waals surface area contributed by atoms with Crippen LogP contribution >= 0.6 is 0 Å². The minimum Gasteiger partial charge on any atom is -0.493 e. The van der Waals surface area contributed by atoms with E-state index in [0.29, 0.717) is 42.9 Å². The Hall–Kier alpha value is -4.47. The molecule has 3 amide bonds. The van der Waals surface area contributed by atoms with Gasteiger partial charge < -0.3 is 19.1 Å². The Balaban J connectivity index is 0.942. The number of amides is 3. The number of hydrogen-bond acceptors (Lipinski definition) is 8. The highest BCUT2D eigenvalue weighted by atomic mass is 16.6. The molecule has 2 aromatic heterocycles. The lowest BCUT2D eigenvalue weighted by Gasteiger charge is -2.31. The van der Waals surface area contributed by atoms with Crippen molar-refractivity contribution in [3.8, 4) is 23.3 Å². The molecule has 3 aliphatic rings. The van der Waals surface area contributed by atoms with E-state index in [1.165, 1.54) is 17.2 Å². The van der Waals surface area contributed by atoms with Gasteiger partial charge in [0.2, 0.25) is 23.6 Å². The highest BCUT2D eigenvalue weighted by molar-refractivity contribution is 6.22. The van der Waals surface area contributed by atoms with Crippen LogP contribution in [0.5, 0.6) is 23.3 Å². The van der Waals surface area contributed by atoms with Crippen LogP contribution in [0.3, 0.4) is 0 Å². The molecule has 0 spiro atoms. The Kier molecular flexibility index (Phi) is 8.03. The van der Waals surface area contributed by atoms with E-state index in [9.17, 15) is 14.4 Å². The van der Waals surface area contributed by atoms with Gasteiger partial charge in [0.25, 0.3) is 0 Å². The van der Waals surface area contributed by atoms with Crippen LogP contribution in [0.4, 0.5) is 10.5 Å². The molecule has 4 heterocycles. The number of likely N-dealkylation sites (tertiary alicyclic amines) is 1. The zero-order valence-electron chi connectivity index (χ0n) is 23.6. The molecule has 1 saturated carbocycles. The van der Waals surface area contributed by atoms with Gasteiger partial charge in [-0.2, -0.15) is 0 Å². The standard InChI is InChI=1S/C32H34N4O6/c1-21-6-12-28(33-18-21)41-25-10-8-24(9-11-25)40-20-22-14-16-35(17-15-22)32(39)42-29-13-7-23(19-34-29)36-30(37)26-4-2-3-5-27(26)31(36)38/h6-13,18-19,22,26-27H,2-5,14-17,20H2,1H3. The van der Waals surface area contributed by atoms with Crippen LogP contribution in [-0.2, 0) is 9.59 Å². The normalized spacial score (nSPS) is 20.8. The first kappa shape index (κ1) is 27.7. The number of anilines is 1. The molecular weight excluding hydrogens is 536 g/mol. The number of aryl methyl sites for hydroxylation is 1. The topological polar surface area (TPSA) is 111 Å². The molecule has 3 aromatic rings. The molecule has 42 heavy (non-hydrogen) atoms. The number of rotatable bonds is 7. The van der Waals surface area contributed by atoms with E-state index in [2.05, 4.69) is 9.97 Å². The SMILES string of the molecule is Cc1ccc(Oc2ccc(OCC3CCN(C(=O)Oc4ccc(N5C(=O)C6CCCCC6C5=O)cn4)CC3)cc2)nc1. The number of piperidine rings is 1. The van der Waals surface area contributed by atoms with E-state index in [-0.39, 0.29) is 29.5 Å². The van der Waals surface area contributed by atoms with Crippen molar-refractivity contribution in [1.82, 2.24) is 14.9 Å². The molecular formula is C32H34N4O6. The molecule has 0 N–H and O–H groups in total. The number of imide groups is 1. The number of ether oxygens (including phenoxy) is 3. The number of fused-ring (bicyclic) bond motifs is 1. The van der Waals surface area contributed by atoms with Gasteiger partial charge in [-0.3, -0.25) is 9.59 Å². The van der Waals surface area contributed by atoms with Crippen LogP contribution in [0.25, 0.3) is 0 Å². The molecule has 6 rings (SSSR count). The minimum atomic E-state index is -0.465. The van der Waals surface area contributed by atoms with E-state index >= 15 is 0 Å². The third kappa shape index (κ3) is 6.07. The van der Waals surface area contributed by atoms with Crippen molar-refractivity contribution in [2.45, 2.75) is 45.4 Å². The number of nitrogens with zero attached hydrogens (tertiary/aromatic N) is 4. The molecule has 3 fully saturated rings. The van der Waals surface area contributed by atoms with Crippen molar-refractivity contribution < 1.29 is 28.6 Å². The first-order valence-corrected chi connectivity index (χ1v) is 14.6. The summed E-state index contributed by atoms with van der Waals surface area (Å²) in [6.07, 6.45) is 7.78. The van der Waals surface area contributed by atoms with Crippen molar-refractivity contribution in [1.29, 1.82) is 0 Å². The number of carbonyl (C=O) groups is 3. The smallest absolute Gasteiger partial charge is 0.416 e. The van der Waals surface area contributed by atoms with Gasteiger partial charge in [-0.05, 0) is 74.4 Å². The average Bonchev–Trinajstić information content (AvgIpc) is 3.28. The van der Waals surface area contributed by atoms with E-state index in [0.717, 1.165) is 49.8 Å².